The number of hydrogen-bond acceptors (Lipinski definition) is 15. The predicted octanol–water partition coefficient (Wildman–Crippen LogP) is 5.52. The Labute approximate surface area is 356 Å². The Bertz CT molecular complexity index is 2350. The molecule has 4 aromatic rings. The lowest BCUT2D eigenvalue weighted by Gasteiger charge is -2.25. The number of aliphatic hydroxyl groups is 1. The smallest absolute Gasteiger partial charge is 0.272 e. The molecule has 0 amide bonds. The number of thioether (sulfide) groups is 2. The highest BCUT2D eigenvalue weighted by Crippen LogP contribution is 2.33. The molecule has 0 bridgehead atoms. The highest BCUT2D eigenvalue weighted by Gasteiger charge is 2.29. The van der Waals surface area contributed by atoms with Gasteiger partial charge in [0.05, 0.1) is 29.4 Å². The zero-order valence-electron chi connectivity index (χ0n) is 35.2. The molecular weight excluding hydrogens is 819 g/mol. The first-order valence-corrected chi connectivity index (χ1v) is 20.7. The van der Waals surface area contributed by atoms with E-state index >= 15 is 0 Å². The van der Waals surface area contributed by atoms with Gasteiger partial charge in [0.2, 0.25) is 0 Å². The zero-order chi connectivity index (χ0) is 44.4. The molecule has 15 nitrogen and oxygen atoms in total. The summed E-state index contributed by atoms with van der Waals surface area (Å²) in [5.41, 5.74) is -0.515. The third-order valence-electron chi connectivity index (χ3n) is 8.97. The molecule has 2 unspecified atom stereocenters. The lowest BCUT2D eigenvalue weighted by molar-refractivity contribution is -0.0431. The van der Waals surface area contributed by atoms with E-state index < -0.39 is 33.6 Å². The maximum Gasteiger partial charge on any atom is 0.272 e. The maximum atomic E-state index is 14.6. The second-order valence-electron chi connectivity index (χ2n) is 15.9. The number of nitriles is 2. The van der Waals surface area contributed by atoms with Crippen molar-refractivity contribution in [1.82, 2.24) is 29.1 Å². The number of pyridine rings is 2. The minimum Gasteiger partial charge on any atom is -0.396 e. The summed E-state index contributed by atoms with van der Waals surface area (Å²) in [6.07, 6.45) is 2.92. The van der Waals surface area contributed by atoms with Crippen LogP contribution in [0, 0.1) is 46.1 Å². The molecule has 2 aliphatic heterocycles. The summed E-state index contributed by atoms with van der Waals surface area (Å²) in [5.74, 6) is 0.410. The van der Waals surface area contributed by atoms with E-state index in [0.717, 1.165) is 5.75 Å². The number of hydrogen-bond donors (Lipinski definition) is 1. The van der Waals surface area contributed by atoms with Crippen molar-refractivity contribution in [3.8, 4) is 34.7 Å². The van der Waals surface area contributed by atoms with Crippen LogP contribution in [0.5, 0.6) is 0 Å². The molecule has 0 radical (unpaired) electrons. The average Bonchev–Trinajstić information content (AvgIpc) is 3.20. The molecule has 19 heteroatoms. The standard InChI is InChI=1S/C20H23FN4O3S.C18H19FN4O2S.C3H8O2/c1-20(2,3)17-15(21)5-13(7-23-17)16-14(6-22)18(26)25-8-12(9-28-11-27-4)10-29-19(25)24-16;1-18(2,3)15-13(19)4-11(6-21-15)14-12(5-20)16(25)23-7-10(8-24)9-26-17(23)22-14;1-4-3-5-2/h5,7,12H,8-11H2,1-4H3;4,6,10,24H,7-9H2,1-3H3;3H2,1-2H3. The molecule has 0 spiro atoms. The van der Waals surface area contributed by atoms with Gasteiger partial charge in [0.1, 0.15) is 48.5 Å². The molecule has 60 heavy (non-hydrogen) atoms. The second kappa shape index (κ2) is 21.3. The van der Waals surface area contributed by atoms with E-state index in [2.05, 4.69) is 29.4 Å². The molecule has 6 heterocycles. The third-order valence-corrected chi connectivity index (χ3v) is 11.4. The molecule has 0 aliphatic carbocycles. The molecule has 0 saturated heterocycles. The fourth-order valence-electron chi connectivity index (χ4n) is 6.10. The number of aromatic nitrogens is 6. The number of fused-ring (bicyclic) bond motifs is 2. The van der Waals surface area contributed by atoms with Crippen molar-refractivity contribution < 1.29 is 32.8 Å². The first-order chi connectivity index (χ1) is 28.4. The molecular formula is C41H50F2N8O7S2. The van der Waals surface area contributed by atoms with Gasteiger partial charge in [0, 0.05) is 98.7 Å². The van der Waals surface area contributed by atoms with E-state index in [4.69, 9.17) is 9.47 Å². The fourth-order valence-corrected chi connectivity index (χ4v) is 8.22. The van der Waals surface area contributed by atoms with E-state index in [9.17, 15) is 34.0 Å². The van der Waals surface area contributed by atoms with Gasteiger partial charge in [-0.1, -0.05) is 65.1 Å². The van der Waals surface area contributed by atoms with Crippen LogP contribution in [0.3, 0.4) is 0 Å². The van der Waals surface area contributed by atoms with Gasteiger partial charge >= 0.3 is 0 Å². The van der Waals surface area contributed by atoms with Crippen molar-refractivity contribution in [2.45, 2.75) is 75.8 Å². The highest BCUT2D eigenvalue weighted by molar-refractivity contribution is 7.99. The van der Waals surface area contributed by atoms with Gasteiger partial charge in [-0.3, -0.25) is 28.7 Å². The summed E-state index contributed by atoms with van der Waals surface area (Å²) in [4.78, 5) is 43.0. The summed E-state index contributed by atoms with van der Waals surface area (Å²) in [7, 11) is 4.72. The molecule has 4 aromatic heterocycles. The summed E-state index contributed by atoms with van der Waals surface area (Å²) in [5, 5.41) is 29.4. The van der Waals surface area contributed by atoms with Gasteiger partial charge in [0.25, 0.3) is 11.1 Å². The summed E-state index contributed by atoms with van der Waals surface area (Å²) < 4.78 is 51.2. The number of aliphatic hydroxyl groups excluding tert-OH is 1. The Kier molecular flexibility index (Phi) is 17.0. The Hall–Kier alpha value is -4.60. The Balaban J connectivity index is 0.000000239. The monoisotopic (exact) mass is 868 g/mol. The molecule has 2 atom stereocenters. The van der Waals surface area contributed by atoms with E-state index in [-0.39, 0.29) is 47.8 Å². The second-order valence-corrected chi connectivity index (χ2v) is 17.9. The SMILES string of the molecule is CC(C)(C)c1ncc(-c2nc3n(c(=O)c2C#N)CC(CO)CS3)cc1F.COCOC.COCOCC1CSc2nc(-c3cnc(C(C)(C)C)c(F)c3)c(C#N)c(=O)n2C1. The molecule has 322 valence electrons. The quantitative estimate of drug-likeness (QED) is 0.125. The first kappa shape index (κ1) is 48.1. The highest BCUT2D eigenvalue weighted by atomic mass is 32.2. The number of halogens is 2. The average molecular weight is 869 g/mol. The van der Waals surface area contributed by atoms with E-state index in [1.807, 2.05) is 53.7 Å². The van der Waals surface area contributed by atoms with E-state index in [1.165, 1.54) is 57.2 Å². The van der Waals surface area contributed by atoms with Gasteiger partial charge < -0.3 is 24.1 Å². The van der Waals surface area contributed by atoms with Crippen molar-refractivity contribution in [3.63, 3.8) is 0 Å². The Morgan fingerprint density at radius 1 is 0.750 bits per heavy atom. The molecule has 6 rings (SSSR count). The van der Waals surface area contributed by atoms with E-state index in [1.54, 1.807) is 21.3 Å². The summed E-state index contributed by atoms with van der Waals surface area (Å²) >= 11 is 2.76. The molecule has 0 aromatic carbocycles. The summed E-state index contributed by atoms with van der Waals surface area (Å²) in [6, 6.07) is 6.40. The van der Waals surface area contributed by atoms with Gasteiger partial charge in [-0.15, -0.1) is 0 Å². The van der Waals surface area contributed by atoms with Crippen molar-refractivity contribution in [3.05, 3.63) is 79.4 Å². The summed E-state index contributed by atoms with van der Waals surface area (Å²) in [6.45, 7) is 12.9. The van der Waals surface area contributed by atoms with Crippen molar-refractivity contribution in [2.24, 2.45) is 11.8 Å². The van der Waals surface area contributed by atoms with Gasteiger partial charge in [0.15, 0.2) is 10.3 Å². The van der Waals surface area contributed by atoms with Crippen LogP contribution in [-0.2, 0) is 42.9 Å². The normalized spacial score (nSPS) is 15.9. The van der Waals surface area contributed by atoms with Crippen LogP contribution < -0.4 is 11.1 Å². The van der Waals surface area contributed by atoms with Crippen molar-refractivity contribution >= 4 is 23.5 Å². The Morgan fingerprint density at radius 3 is 1.52 bits per heavy atom. The molecule has 1 N–H and O–H groups in total. The minimum absolute atomic E-state index is 0.0358. The van der Waals surface area contributed by atoms with Crippen LogP contribution in [0.25, 0.3) is 22.5 Å². The number of rotatable bonds is 9. The lowest BCUT2D eigenvalue weighted by Crippen LogP contribution is -2.34. The topological polar surface area (TPSA) is 200 Å². The van der Waals surface area contributed by atoms with E-state index in [0.29, 0.717) is 65.1 Å². The number of methoxy groups -OCH3 is 3. The minimum atomic E-state index is -0.494. The van der Waals surface area contributed by atoms with Crippen LogP contribution in [-0.4, -0.2) is 93.8 Å². The maximum absolute atomic E-state index is 14.6. The van der Waals surface area contributed by atoms with Crippen LogP contribution in [0.2, 0.25) is 0 Å². The van der Waals surface area contributed by atoms with Crippen LogP contribution in [0.15, 0.2) is 44.4 Å². The van der Waals surface area contributed by atoms with Crippen LogP contribution >= 0.6 is 23.5 Å². The number of nitrogens with zero attached hydrogens (tertiary/aromatic N) is 8. The van der Waals surface area contributed by atoms with Gasteiger partial charge in [-0.25, -0.2) is 18.7 Å². The first-order valence-electron chi connectivity index (χ1n) is 18.8. The van der Waals surface area contributed by atoms with Crippen LogP contribution in [0.4, 0.5) is 8.78 Å². The Morgan fingerprint density at radius 2 is 1.17 bits per heavy atom. The molecule has 0 saturated carbocycles. The number of ether oxygens (including phenoxy) is 4. The van der Waals surface area contributed by atoms with Crippen molar-refractivity contribution in [1.29, 1.82) is 10.5 Å². The lowest BCUT2D eigenvalue weighted by atomic mass is 9.90. The van der Waals surface area contributed by atoms with Gasteiger partial charge in [-0.2, -0.15) is 10.5 Å². The molecule has 2 aliphatic rings. The predicted molar refractivity (Wildman–Crippen MR) is 222 cm³/mol. The van der Waals surface area contributed by atoms with Gasteiger partial charge in [-0.05, 0) is 12.1 Å². The zero-order valence-corrected chi connectivity index (χ0v) is 36.8. The largest absolute Gasteiger partial charge is 0.396 e. The van der Waals surface area contributed by atoms with Crippen LogP contribution in [0.1, 0.15) is 64.1 Å². The molecule has 0 fully saturated rings. The third kappa shape index (κ3) is 11.6. The van der Waals surface area contributed by atoms with Crippen molar-refractivity contribution in [2.75, 3.05) is 59.6 Å². The fraction of sp³-hybridized carbons (Fsp3) is 0.512.